The van der Waals surface area contributed by atoms with E-state index in [4.69, 9.17) is 15.2 Å². The van der Waals surface area contributed by atoms with Gasteiger partial charge in [-0.15, -0.1) is 0 Å². The molecule has 0 aromatic rings. The van der Waals surface area contributed by atoms with Gasteiger partial charge in [-0.3, -0.25) is 4.79 Å². The molecule has 0 spiro atoms. The number of carbonyl (C=O) groups is 1. The van der Waals surface area contributed by atoms with Crippen LogP contribution in [-0.4, -0.2) is 33.5 Å². The summed E-state index contributed by atoms with van der Waals surface area (Å²) in [6.45, 7) is 9.07. The van der Waals surface area contributed by atoms with Gasteiger partial charge < -0.3 is 15.2 Å². The summed E-state index contributed by atoms with van der Waals surface area (Å²) in [5.41, 5.74) is 5.30. The Balaban J connectivity index is 3.35. The number of hydrogen-bond donors (Lipinski definition) is 1. The average Bonchev–Trinajstić information content (AvgIpc) is 2.01. The third-order valence-corrected chi connectivity index (χ3v) is 3.36. The molecule has 0 aliphatic heterocycles. The maximum Gasteiger partial charge on any atom is 0.324 e. The van der Waals surface area contributed by atoms with E-state index in [0.717, 1.165) is 6.04 Å². The Hall–Kier alpha value is -0.393. The Morgan fingerprint density at radius 1 is 1.43 bits per heavy atom. The van der Waals surface area contributed by atoms with Gasteiger partial charge in [0.25, 0.3) is 0 Å². The Morgan fingerprint density at radius 2 is 2.00 bits per heavy atom. The minimum atomic E-state index is -1.05. The van der Waals surface area contributed by atoms with Crippen LogP contribution in [0.1, 0.15) is 6.92 Å². The highest BCUT2D eigenvalue weighted by molar-refractivity contribution is 6.76. The van der Waals surface area contributed by atoms with E-state index in [1.54, 1.807) is 6.92 Å². The minimum absolute atomic E-state index is 0.0187. The van der Waals surface area contributed by atoms with Crippen molar-refractivity contribution in [2.24, 2.45) is 5.73 Å². The first kappa shape index (κ1) is 13.6. The van der Waals surface area contributed by atoms with Gasteiger partial charge in [0.1, 0.15) is 6.04 Å². The zero-order valence-electron chi connectivity index (χ0n) is 9.50. The Morgan fingerprint density at radius 3 is 2.43 bits per heavy atom. The van der Waals surface area contributed by atoms with Crippen molar-refractivity contribution in [1.82, 2.24) is 0 Å². The Bertz CT molecular complexity index is 177. The summed E-state index contributed by atoms with van der Waals surface area (Å²) in [5.74, 6) is -0.419. The summed E-state index contributed by atoms with van der Waals surface area (Å²) in [6, 6.07) is 0.499. The van der Waals surface area contributed by atoms with E-state index >= 15 is 0 Å². The molecule has 4 nitrogen and oxygen atoms in total. The topological polar surface area (TPSA) is 61.6 Å². The molecule has 0 radical (unpaired) electrons. The Kier molecular flexibility index (Phi) is 5.99. The highest BCUT2D eigenvalue weighted by Gasteiger charge is 2.12. The van der Waals surface area contributed by atoms with Gasteiger partial charge in [-0.05, 0) is 13.0 Å². The molecular weight excluding hydrogens is 198 g/mol. The summed E-state index contributed by atoms with van der Waals surface area (Å²) in [6.07, 6.45) is 0. The molecule has 5 heteroatoms. The fourth-order valence-electron chi connectivity index (χ4n) is 0.668. The number of nitrogens with two attached hydrogens (primary N) is 1. The lowest BCUT2D eigenvalue weighted by Gasteiger charge is -2.15. The molecule has 2 N–H and O–H groups in total. The van der Waals surface area contributed by atoms with Gasteiger partial charge in [-0.25, -0.2) is 0 Å². The molecule has 0 saturated heterocycles. The van der Waals surface area contributed by atoms with Crippen molar-refractivity contribution in [3.63, 3.8) is 0 Å². The van der Waals surface area contributed by atoms with Gasteiger partial charge >= 0.3 is 5.97 Å². The molecule has 0 aliphatic carbocycles. The van der Waals surface area contributed by atoms with Crippen LogP contribution < -0.4 is 5.73 Å². The van der Waals surface area contributed by atoms with Crippen LogP contribution in [0.3, 0.4) is 0 Å². The van der Waals surface area contributed by atoms with Crippen LogP contribution >= 0.6 is 0 Å². The van der Waals surface area contributed by atoms with Gasteiger partial charge in [-0.1, -0.05) is 19.6 Å². The number of hydrogen-bond acceptors (Lipinski definition) is 4. The predicted molar refractivity (Wildman–Crippen MR) is 58.7 cm³/mol. The van der Waals surface area contributed by atoms with Gasteiger partial charge in [0.05, 0.1) is 0 Å². The first-order valence-electron chi connectivity index (χ1n) is 4.83. The predicted octanol–water partition coefficient (Wildman–Crippen LogP) is 1.19. The van der Waals surface area contributed by atoms with Gasteiger partial charge in [-0.2, -0.15) is 0 Å². The van der Waals surface area contributed by atoms with E-state index in [1.165, 1.54) is 0 Å². The van der Waals surface area contributed by atoms with Gasteiger partial charge in [0.15, 0.2) is 6.79 Å². The van der Waals surface area contributed by atoms with Gasteiger partial charge in [0, 0.05) is 14.7 Å². The molecule has 0 unspecified atom stereocenters. The van der Waals surface area contributed by atoms with Crippen LogP contribution in [-0.2, 0) is 14.3 Å². The fourth-order valence-corrected chi connectivity index (χ4v) is 1.43. The summed E-state index contributed by atoms with van der Waals surface area (Å²) < 4.78 is 9.91. The standard InChI is InChI=1S/C9H21NO3Si/c1-8(10)9(11)13-7-12-5-6-14(2,3)4/h8H,5-7,10H2,1-4H3/t8-/m0/s1. The summed E-state index contributed by atoms with van der Waals surface area (Å²) in [7, 11) is -1.05. The monoisotopic (exact) mass is 219 g/mol. The first-order chi connectivity index (χ1) is 6.33. The first-order valence-corrected chi connectivity index (χ1v) is 8.53. The summed E-state index contributed by atoms with van der Waals surface area (Å²) >= 11 is 0. The van der Waals surface area contributed by atoms with Crippen molar-refractivity contribution < 1.29 is 14.3 Å². The second kappa shape index (κ2) is 6.16. The number of carbonyl (C=O) groups excluding carboxylic acids is 1. The zero-order valence-corrected chi connectivity index (χ0v) is 10.5. The van der Waals surface area contributed by atoms with Crippen molar-refractivity contribution in [1.29, 1.82) is 0 Å². The molecule has 0 heterocycles. The largest absolute Gasteiger partial charge is 0.437 e. The van der Waals surface area contributed by atoms with Crippen molar-refractivity contribution in [3.8, 4) is 0 Å². The van der Waals surface area contributed by atoms with Crippen LogP contribution in [0.4, 0.5) is 0 Å². The number of rotatable bonds is 6. The second-order valence-electron chi connectivity index (χ2n) is 4.59. The van der Waals surface area contributed by atoms with Crippen LogP contribution in [0.2, 0.25) is 25.7 Å². The second-order valence-corrected chi connectivity index (χ2v) is 10.2. The molecule has 0 saturated carbocycles. The lowest BCUT2D eigenvalue weighted by Crippen LogP contribution is -2.29. The third-order valence-electron chi connectivity index (χ3n) is 1.65. The summed E-state index contributed by atoms with van der Waals surface area (Å²) in [4.78, 5) is 10.9. The highest BCUT2D eigenvalue weighted by Crippen LogP contribution is 2.07. The number of ether oxygens (including phenoxy) is 2. The SMILES string of the molecule is C[C@H](N)C(=O)OCOCC[Si](C)(C)C. The van der Waals surface area contributed by atoms with E-state index in [2.05, 4.69) is 19.6 Å². The van der Waals surface area contributed by atoms with Gasteiger partial charge in [0.2, 0.25) is 0 Å². The third kappa shape index (κ3) is 8.22. The van der Waals surface area contributed by atoms with Crippen molar-refractivity contribution in [2.75, 3.05) is 13.4 Å². The molecule has 0 aromatic carbocycles. The molecule has 1 atom stereocenters. The Labute approximate surface area is 86.8 Å². The molecule has 0 aromatic heterocycles. The molecule has 0 fully saturated rings. The molecular formula is C9H21NO3Si. The van der Waals surface area contributed by atoms with Crippen molar-refractivity contribution in [3.05, 3.63) is 0 Å². The number of esters is 1. The molecule has 0 bridgehead atoms. The normalized spacial score (nSPS) is 13.8. The van der Waals surface area contributed by atoms with Crippen molar-refractivity contribution in [2.45, 2.75) is 38.7 Å². The lowest BCUT2D eigenvalue weighted by atomic mass is 10.4. The molecule has 84 valence electrons. The lowest BCUT2D eigenvalue weighted by molar-refractivity contribution is -0.156. The quantitative estimate of drug-likeness (QED) is 0.315. The molecule has 0 rings (SSSR count). The van der Waals surface area contributed by atoms with E-state index in [1.807, 2.05) is 0 Å². The van der Waals surface area contributed by atoms with Crippen LogP contribution in [0.5, 0.6) is 0 Å². The maximum atomic E-state index is 10.9. The zero-order chi connectivity index (χ0) is 11.2. The minimum Gasteiger partial charge on any atom is -0.437 e. The van der Waals surface area contributed by atoms with E-state index in [-0.39, 0.29) is 6.79 Å². The molecule has 14 heavy (non-hydrogen) atoms. The van der Waals surface area contributed by atoms with E-state index in [9.17, 15) is 4.79 Å². The molecule has 0 aliphatic rings. The summed E-state index contributed by atoms with van der Waals surface area (Å²) in [5, 5.41) is 0. The van der Waals surface area contributed by atoms with Crippen molar-refractivity contribution >= 4 is 14.0 Å². The molecule has 0 amide bonds. The fraction of sp³-hybridized carbons (Fsp3) is 0.889. The smallest absolute Gasteiger partial charge is 0.324 e. The van der Waals surface area contributed by atoms with Crippen LogP contribution in [0.15, 0.2) is 0 Å². The maximum absolute atomic E-state index is 10.9. The van der Waals surface area contributed by atoms with Crippen LogP contribution in [0.25, 0.3) is 0 Å². The highest BCUT2D eigenvalue weighted by atomic mass is 28.3. The van der Waals surface area contributed by atoms with E-state index < -0.39 is 20.1 Å². The average molecular weight is 219 g/mol. The van der Waals surface area contributed by atoms with E-state index in [0.29, 0.717) is 6.61 Å². The van der Waals surface area contributed by atoms with Crippen LogP contribution in [0, 0.1) is 0 Å².